The fourth-order valence-corrected chi connectivity index (χ4v) is 2.68. The Kier molecular flexibility index (Phi) is 8.67. The van der Waals surface area contributed by atoms with Crippen molar-refractivity contribution in [2.24, 2.45) is 4.99 Å². The van der Waals surface area contributed by atoms with E-state index >= 15 is 0 Å². The van der Waals surface area contributed by atoms with Crippen molar-refractivity contribution in [1.29, 1.82) is 0 Å². The second-order valence-electron chi connectivity index (χ2n) is 6.20. The minimum atomic E-state index is -0.390. The molecule has 2 rings (SSSR count). The van der Waals surface area contributed by atoms with Crippen LogP contribution in [-0.2, 0) is 17.7 Å². The number of rotatable bonds is 10. The fourth-order valence-electron chi connectivity index (χ4n) is 2.68. The third-order valence-electron chi connectivity index (χ3n) is 4.25. The number of nitrogens with zero attached hydrogens (tertiary/aromatic N) is 4. The average molecular weight is 392 g/mol. The number of benzene rings is 1. The van der Waals surface area contributed by atoms with Gasteiger partial charge in [-0.2, -0.15) is 0 Å². The van der Waals surface area contributed by atoms with Crippen LogP contribution in [0, 0.1) is 5.82 Å². The molecule has 0 saturated carbocycles. The summed E-state index contributed by atoms with van der Waals surface area (Å²) in [6, 6.07) is 4.77. The van der Waals surface area contributed by atoms with E-state index in [4.69, 9.17) is 9.47 Å². The maximum absolute atomic E-state index is 14.0. The average Bonchev–Trinajstić information content (AvgIpc) is 3.15. The Morgan fingerprint density at radius 1 is 1.36 bits per heavy atom. The van der Waals surface area contributed by atoms with E-state index in [-0.39, 0.29) is 17.6 Å². The Morgan fingerprint density at radius 3 is 2.86 bits per heavy atom. The van der Waals surface area contributed by atoms with Gasteiger partial charge in [0.1, 0.15) is 12.2 Å². The van der Waals surface area contributed by atoms with Gasteiger partial charge in [0, 0.05) is 26.6 Å². The molecule has 0 fully saturated rings. The van der Waals surface area contributed by atoms with Crippen LogP contribution in [0.2, 0.25) is 0 Å². The van der Waals surface area contributed by atoms with Gasteiger partial charge in [0.25, 0.3) is 0 Å². The predicted molar refractivity (Wildman–Crippen MR) is 106 cm³/mol. The van der Waals surface area contributed by atoms with Gasteiger partial charge in [-0.1, -0.05) is 13.0 Å². The summed E-state index contributed by atoms with van der Waals surface area (Å²) in [7, 11) is 3.08. The highest BCUT2D eigenvalue weighted by atomic mass is 19.1. The molecular formula is C19H29FN6O2. The molecule has 0 amide bonds. The molecule has 9 heteroatoms. The molecule has 1 aromatic heterocycles. The van der Waals surface area contributed by atoms with Crippen molar-refractivity contribution >= 4 is 5.96 Å². The van der Waals surface area contributed by atoms with E-state index < -0.39 is 0 Å². The van der Waals surface area contributed by atoms with Crippen molar-refractivity contribution in [2.75, 3.05) is 33.9 Å². The van der Waals surface area contributed by atoms with Crippen molar-refractivity contribution in [2.45, 2.75) is 32.9 Å². The first-order valence-electron chi connectivity index (χ1n) is 9.32. The minimum Gasteiger partial charge on any atom is -0.494 e. The van der Waals surface area contributed by atoms with Crippen molar-refractivity contribution in [3.05, 3.63) is 41.7 Å². The van der Waals surface area contributed by atoms with E-state index in [2.05, 4.69) is 25.8 Å². The van der Waals surface area contributed by atoms with E-state index in [0.29, 0.717) is 32.2 Å². The molecule has 2 aromatic rings. The number of aryl methyl sites for hydroxylation is 1. The van der Waals surface area contributed by atoms with Gasteiger partial charge in [0.2, 0.25) is 0 Å². The summed E-state index contributed by atoms with van der Waals surface area (Å²) >= 11 is 0. The number of guanidine groups is 1. The van der Waals surface area contributed by atoms with Gasteiger partial charge < -0.3 is 24.7 Å². The molecule has 1 atom stereocenters. The Bertz CT molecular complexity index is 765. The van der Waals surface area contributed by atoms with E-state index in [1.807, 2.05) is 24.5 Å². The highest BCUT2D eigenvalue weighted by Crippen LogP contribution is 2.21. The van der Waals surface area contributed by atoms with Gasteiger partial charge in [0.15, 0.2) is 17.5 Å². The summed E-state index contributed by atoms with van der Waals surface area (Å²) in [4.78, 5) is 4.51. The standard InChI is InChI=1S/C19H29FN6O2/c1-5-18-25-23-13-26(18)10-8-21-19(22-9-11-27-3)24-14(2)15-6-7-17(28-4)16(20)12-15/h6-7,12-14H,5,8-11H2,1-4H3,(H2,21,22,24). The predicted octanol–water partition coefficient (Wildman–Crippen LogP) is 1.93. The Morgan fingerprint density at radius 2 is 2.18 bits per heavy atom. The van der Waals surface area contributed by atoms with Crippen LogP contribution >= 0.6 is 0 Å². The summed E-state index contributed by atoms with van der Waals surface area (Å²) in [5, 5.41) is 14.6. The molecule has 0 spiro atoms. The number of nitrogens with one attached hydrogen (secondary N) is 2. The zero-order chi connectivity index (χ0) is 20.4. The Balaban J connectivity index is 1.99. The molecule has 154 valence electrons. The smallest absolute Gasteiger partial charge is 0.191 e. The molecule has 0 saturated heterocycles. The lowest BCUT2D eigenvalue weighted by Crippen LogP contribution is -2.40. The van der Waals surface area contributed by atoms with E-state index in [0.717, 1.165) is 17.8 Å². The molecular weight excluding hydrogens is 363 g/mol. The summed E-state index contributed by atoms with van der Waals surface area (Å²) in [5.74, 6) is 1.41. The SMILES string of the molecule is CCc1nncn1CCNC(=NCCOC)NC(C)c1ccc(OC)c(F)c1. The molecule has 0 aliphatic carbocycles. The topological polar surface area (TPSA) is 85.6 Å². The van der Waals surface area contributed by atoms with Crippen LogP contribution in [0.4, 0.5) is 4.39 Å². The maximum atomic E-state index is 14.0. The lowest BCUT2D eigenvalue weighted by Gasteiger charge is -2.19. The lowest BCUT2D eigenvalue weighted by atomic mass is 10.1. The largest absolute Gasteiger partial charge is 0.494 e. The monoisotopic (exact) mass is 392 g/mol. The summed E-state index contributed by atoms with van der Waals surface area (Å²) in [5.41, 5.74) is 0.798. The number of ether oxygens (including phenoxy) is 2. The van der Waals surface area contributed by atoms with E-state index in [1.165, 1.54) is 13.2 Å². The molecule has 0 bridgehead atoms. The molecule has 1 aromatic carbocycles. The number of hydrogen-bond donors (Lipinski definition) is 2. The maximum Gasteiger partial charge on any atom is 0.191 e. The normalized spacial score (nSPS) is 12.7. The van der Waals surface area contributed by atoms with Crippen LogP contribution < -0.4 is 15.4 Å². The van der Waals surface area contributed by atoms with Crippen LogP contribution in [0.3, 0.4) is 0 Å². The molecule has 2 N–H and O–H groups in total. The molecule has 0 aliphatic heterocycles. The van der Waals surface area contributed by atoms with Crippen LogP contribution in [-0.4, -0.2) is 54.6 Å². The number of aromatic nitrogens is 3. The van der Waals surface area contributed by atoms with E-state index in [1.54, 1.807) is 19.5 Å². The molecule has 0 radical (unpaired) electrons. The fraction of sp³-hybridized carbons (Fsp3) is 0.526. The third kappa shape index (κ3) is 6.19. The van der Waals surface area contributed by atoms with Gasteiger partial charge in [0.05, 0.1) is 26.3 Å². The van der Waals surface area contributed by atoms with Gasteiger partial charge in [-0.15, -0.1) is 10.2 Å². The molecule has 8 nitrogen and oxygen atoms in total. The molecule has 1 heterocycles. The van der Waals surface area contributed by atoms with Gasteiger partial charge in [-0.25, -0.2) is 4.39 Å². The van der Waals surface area contributed by atoms with Crippen LogP contribution in [0.15, 0.2) is 29.5 Å². The molecule has 28 heavy (non-hydrogen) atoms. The number of hydrogen-bond acceptors (Lipinski definition) is 5. The first kappa shape index (κ1) is 21.6. The van der Waals surface area contributed by atoms with Crippen molar-refractivity contribution in [1.82, 2.24) is 25.4 Å². The highest BCUT2D eigenvalue weighted by molar-refractivity contribution is 5.80. The number of halogens is 1. The molecule has 0 aliphatic rings. The zero-order valence-electron chi connectivity index (χ0n) is 16.9. The highest BCUT2D eigenvalue weighted by Gasteiger charge is 2.11. The minimum absolute atomic E-state index is 0.143. The first-order valence-corrected chi connectivity index (χ1v) is 9.32. The second-order valence-corrected chi connectivity index (χ2v) is 6.20. The van der Waals surface area contributed by atoms with Crippen molar-refractivity contribution in [3.8, 4) is 5.75 Å². The van der Waals surface area contributed by atoms with Crippen LogP contribution in [0.25, 0.3) is 0 Å². The van der Waals surface area contributed by atoms with Crippen LogP contribution in [0.1, 0.15) is 31.3 Å². The van der Waals surface area contributed by atoms with Gasteiger partial charge in [-0.3, -0.25) is 4.99 Å². The summed E-state index contributed by atoms with van der Waals surface area (Å²) < 4.78 is 26.0. The Labute approximate surface area is 165 Å². The van der Waals surface area contributed by atoms with Crippen molar-refractivity contribution < 1.29 is 13.9 Å². The molecule has 1 unspecified atom stereocenters. The summed E-state index contributed by atoms with van der Waals surface area (Å²) in [6.07, 6.45) is 2.55. The van der Waals surface area contributed by atoms with Crippen molar-refractivity contribution in [3.63, 3.8) is 0 Å². The first-order chi connectivity index (χ1) is 13.6. The number of aliphatic imine (C=N–C) groups is 1. The van der Waals surface area contributed by atoms with Gasteiger partial charge in [-0.05, 0) is 24.6 Å². The summed E-state index contributed by atoms with van der Waals surface area (Å²) in [6.45, 7) is 6.39. The number of methoxy groups -OCH3 is 2. The second kappa shape index (κ2) is 11.2. The Hall–Kier alpha value is -2.68. The third-order valence-corrected chi connectivity index (χ3v) is 4.25. The zero-order valence-corrected chi connectivity index (χ0v) is 16.9. The van der Waals surface area contributed by atoms with Crippen LogP contribution in [0.5, 0.6) is 5.75 Å². The lowest BCUT2D eigenvalue weighted by molar-refractivity contribution is 0.208. The van der Waals surface area contributed by atoms with Gasteiger partial charge >= 0.3 is 0 Å². The quantitative estimate of drug-likeness (QED) is 0.365. The van der Waals surface area contributed by atoms with E-state index in [9.17, 15) is 4.39 Å².